The van der Waals surface area contributed by atoms with E-state index in [9.17, 15) is 8.78 Å². The Morgan fingerprint density at radius 3 is 2.30 bits per heavy atom. The summed E-state index contributed by atoms with van der Waals surface area (Å²) in [6.45, 7) is 6.40. The van der Waals surface area contributed by atoms with E-state index in [4.69, 9.17) is 5.73 Å². The molecule has 0 aliphatic carbocycles. The summed E-state index contributed by atoms with van der Waals surface area (Å²) < 4.78 is 27.5. The van der Waals surface area contributed by atoms with Gasteiger partial charge in [0, 0.05) is 35.2 Å². The molecule has 1 aromatic carbocycles. The molecule has 0 amide bonds. The first-order valence-corrected chi connectivity index (χ1v) is 11.9. The fourth-order valence-electron chi connectivity index (χ4n) is 2.54. The summed E-state index contributed by atoms with van der Waals surface area (Å²) in [4.78, 5) is 8.56. The summed E-state index contributed by atoms with van der Waals surface area (Å²) in [6.07, 6.45) is 3.32. The number of pyridine rings is 2. The van der Waals surface area contributed by atoms with E-state index < -0.39 is 19.7 Å². The van der Waals surface area contributed by atoms with Crippen LogP contribution in [-0.4, -0.2) is 18.0 Å². The third-order valence-corrected chi connectivity index (χ3v) is 4.61. The molecule has 0 aliphatic rings. The minimum Gasteiger partial charge on any atom is -0.383 e. The molecule has 6 heteroatoms. The van der Waals surface area contributed by atoms with Gasteiger partial charge >= 0.3 is 0 Å². The number of nitrogens with two attached hydrogens (primary N) is 1. The van der Waals surface area contributed by atoms with Gasteiger partial charge in [0.05, 0.1) is 11.3 Å². The van der Waals surface area contributed by atoms with Crippen LogP contribution in [0.2, 0.25) is 19.6 Å². The van der Waals surface area contributed by atoms with Crippen molar-refractivity contribution in [3.63, 3.8) is 0 Å². The quantitative estimate of drug-likeness (QED) is 0.509. The Labute approximate surface area is 158 Å². The van der Waals surface area contributed by atoms with E-state index in [0.29, 0.717) is 22.4 Å². The summed E-state index contributed by atoms with van der Waals surface area (Å²) in [7, 11) is -1.61. The van der Waals surface area contributed by atoms with Gasteiger partial charge in [0.1, 0.15) is 25.5 Å². The van der Waals surface area contributed by atoms with Crippen molar-refractivity contribution in [2.45, 2.75) is 19.6 Å². The molecule has 2 N–H and O–H groups in total. The predicted octanol–water partition coefficient (Wildman–Crippen LogP) is 4.90. The molecule has 0 saturated heterocycles. The fraction of sp³-hybridized carbons (Fsp3) is 0.143. The summed E-state index contributed by atoms with van der Waals surface area (Å²) in [5.74, 6) is 2.00. The van der Waals surface area contributed by atoms with Gasteiger partial charge in [-0.3, -0.25) is 4.98 Å². The molecule has 0 aliphatic heterocycles. The van der Waals surface area contributed by atoms with Gasteiger partial charge in [0.2, 0.25) is 0 Å². The molecule has 3 aromatic rings. The van der Waals surface area contributed by atoms with Crippen molar-refractivity contribution < 1.29 is 8.78 Å². The number of halogens is 2. The number of anilines is 1. The first-order chi connectivity index (χ1) is 12.7. The van der Waals surface area contributed by atoms with Crippen LogP contribution >= 0.6 is 0 Å². The second kappa shape index (κ2) is 7.29. The lowest BCUT2D eigenvalue weighted by atomic mass is 9.98. The van der Waals surface area contributed by atoms with Crippen LogP contribution in [0.3, 0.4) is 0 Å². The lowest BCUT2D eigenvalue weighted by Crippen LogP contribution is -2.16. The van der Waals surface area contributed by atoms with Crippen LogP contribution < -0.4 is 5.73 Å². The van der Waals surface area contributed by atoms with Crippen molar-refractivity contribution in [1.82, 2.24) is 9.97 Å². The maximum atomic E-state index is 13.8. The van der Waals surface area contributed by atoms with E-state index in [0.717, 1.165) is 11.6 Å². The van der Waals surface area contributed by atoms with Gasteiger partial charge in [0.15, 0.2) is 0 Å². The van der Waals surface area contributed by atoms with Crippen molar-refractivity contribution in [2.75, 3.05) is 5.73 Å². The smallest absolute Gasteiger partial charge is 0.139 e. The lowest BCUT2D eigenvalue weighted by molar-refractivity contribution is 0.584. The number of nitrogen functional groups attached to an aromatic ring is 1. The number of hydrogen-bond donors (Lipinski definition) is 1. The van der Waals surface area contributed by atoms with E-state index in [-0.39, 0.29) is 5.82 Å². The monoisotopic (exact) mass is 379 g/mol. The largest absolute Gasteiger partial charge is 0.383 e. The predicted molar refractivity (Wildman–Crippen MR) is 107 cm³/mol. The van der Waals surface area contributed by atoms with Gasteiger partial charge in [-0.15, -0.1) is 5.54 Å². The molecule has 3 nitrogen and oxygen atoms in total. The number of aromatic nitrogens is 2. The zero-order chi connectivity index (χ0) is 19.6. The Kier molecular flexibility index (Phi) is 5.06. The second-order valence-electron chi connectivity index (χ2n) is 7.22. The van der Waals surface area contributed by atoms with Crippen LogP contribution in [0.1, 0.15) is 5.56 Å². The van der Waals surface area contributed by atoms with E-state index >= 15 is 0 Å². The molecule has 0 bridgehead atoms. The Bertz CT molecular complexity index is 1030. The highest BCUT2D eigenvalue weighted by Gasteiger charge is 2.15. The third kappa shape index (κ3) is 4.57. The second-order valence-corrected chi connectivity index (χ2v) is 12.0. The average Bonchev–Trinajstić information content (AvgIpc) is 2.59. The van der Waals surface area contributed by atoms with Gasteiger partial charge < -0.3 is 5.73 Å². The average molecular weight is 379 g/mol. The molecule has 0 spiro atoms. The number of benzene rings is 1. The number of hydrogen-bond acceptors (Lipinski definition) is 3. The highest BCUT2D eigenvalue weighted by atomic mass is 28.3. The van der Waals surface area contributed by atoms with Crippen LogP contribution in [0.15, 0.2) is 48.8 Å². The maximum absolute atomic E-state index is 13.8. The van der Waals surface area contributed by atoms with Gasteiger partial charge in [0.25, 0.3) is 0 Å². The minimum absolute atomic E-state index is 0.230. The standard InChI is InChI=1S/C21H19F2N3Si/c1-27(2,3)8-6-14-11-19(15-5-4-7-25-13-15)20(26-21(14)24)16-9-17(22)12-18(23)10-16/h4-5,7,9-13H,1-3H3,(H2,24,26). The Morgan fingerprint density at radius 1 is 1.00 bits per heavy atom. The molecule has 0 atom stereocenters. The molecule has 2 heterocycles. The summed E-state index contributed by atoms with van der Waals surface area (Å²) >= 11 is 0. The summed E-state index contributed by atoms with van der Waals surface area (Å²) in [5.41, 5.74) is 12.1. The minimum atomic E-state index is -1.61. The normalized spacial score (nSPS) is 11.0. The molecule has 0 unspecified atom stereocenters. The molecule has 2 aromatic heterocycles. The highest BCUT2D eigenvalue weighted by molar-refractivity contribution is 6.83. The molecule has 0 saturated carbocycles. The number of nitrogens with zero attached hydrogens (tertiary/aromatic N) is 2. The SMILES string of the molecule is C[Si](C)(C)C#Cc1cc(-c2cccnc2)c(-c2cc(F)cc(F)c2)nc1N. The van der Waals surface area contributed by atoms with Crippen molar-refractivity contribution in [2.24, 2.45) is 0 Å². The molecule has 0 fully saturated rings. The topological polar surface area (TPSA) is 51.8 Å². The Balaban J connectivity index is 2.26. The van der Waals surface area contributed by atoms with Gasteiger partial charge in [-0.2, -0.15) is 0 Å². The van der Waals surface area contributed by atoms with Crippen LogP contribution in [0.25, 0.3) is 22.4 Å². The van der Waals surface area contributed by atoms with Crippen LogP contribution in [-0.2, 0) is 0 Å². The van der Waals surface area contributed by atoms with Crippen molar-refractivity contribution in [1.29, 1.82) is 0 Å². The Hall–Kier alpha value is -3.04. The van der Waals surface area contributed by atoms with Crippen molar-refractivity contribution in [3.8, 4) is 33.8 Å². The van der Waals surface area contributed by atoms with E-state index in [2.05, 4.69) is 41.1 Å². The van der Waals surface area contributed by atoms with E-state index in [1.807, 2.05) is 12.1 Å². The van der Waals surface area contributed by atoms with Crippen LogP contribution in [0.4, 0.5) is 14.6 Å². The zero-order valence-corrected chi connectivity index (χ0v) is 16.3. The molecule has 27 heavy (non-hydrogen) atoms. The van der Waals surface area contributed by atoms with Crippen LogP contribution in [0.5, 0.6) is 0 Å². The van der Waals surface area contributed by atoms with E-state index in [1.165, 1.54) is 12.1 Å². The molecule has 0 radical (unpaired) electrons. The lowest BCUT2D eigenvalue weighted by Gasteiger charge is -2.12. The van der Waals surface area contributed by atoms with Crippen molar-refractivity contribution >= 4 is 13.9 Å². The van der Waals surface area contributed by atoms with Gasteiger partial charge in [-0.25, -0.2) is 13.8 Å². The van der Waals surface area contributed by atoms with Crippen LogP contribution in [0, 0.1) is 23.1 Å². The molecular formula is C21H19F2N3Si. The van der Waals surface area contributed by atoms with Gasteiger partial charge in [-0.05, 0) is 24.3 Å². The molecular weight excluding hydrogens is 360 g/mol. The highest BCUT2D eigenvalue weighted by Crippen LogP contribution is 2.33. The van der Waals surface area contributed by atoms with Gasteiger partial charge in [-0.1, -0.05) is 31.6 Å². The molecule has 136 valence electrons. The third-order valence-electron chi connectivity index (χ3n) is 3.73. The summed E-state index contributed by atoms with van der Waals surface area (Å²) in [5, 5.41) is 0. The maximum Gasteiger partial charge on any atom is 0.139 e. The first kappa shape index (κ1) is 18.7. The zero-order valence-electron chi connectivity index (χ0n) is 15.3. The van der Waals surface area contributed by atoms with E-state index in [1.54, 1.807) is 18.5 Å². The Morgan fingerprint density at radius 2 is 1.70 bits per heavy atom. The van der Waals surface area contributed by atoms with Crippen molar-refractivity contribution in [3.05, 3.63) is 66.0 Å². The molecule has 3 rings (SSSR count). The fourth-order valence-corrected chi connectivity index (χ4v) is 3.04. The first-order valence-electron chi connectivity index (χ1n) is 8.43. The summed E-state index contributed by atoms with van der Waals surface area (Å²) in [6, 6.07) is 8.75. The number of rotatable bonds is 2.